The smallest absolute Gasteiger partial charge is 0.159 e. The Balaban J connectivity index is 2.19. The Kier molecular flexibility index (Phi) is 2.46. The van der Waals surface area contributed by atoms with E-state index in [-0.39, 0.29) is 0 Å². The van der Waals surface area contributed by atoms with Crippen molar-refractivity contribution in [2.24, 2.45) is 0 Å². The maximum atomic E-state index is 5.89. The third-order valence-corrected chi connectivity index (χ3v) is 2.64. The molecule has 0 bridgehead atoms. The highest BCUT2D eigenvalue weighted by Crippen LogP contribution is 2.18. The molecule has 82 valence electrons. The predicted molar refractivity (Wildman–Crippen MR) is 67.8 cm³/mol. The number of pyridine rings is 1. The molecule has 2 aromatic heterocycles. The normalized spacial score (nSPS) is 10.6. The van der Waals surface area contributed by atoms with Crippen LogP contribution >= 0.6 is 11.6 Å². The summed E-state index contributed by atoms with van der Waals surface area (Å²) in [5.74, 6) is 0.683. The van der Waals surface area contributed by atoms with Gasteiger partial charge in [-0.25, -0.2) is 9.97 Å². The average Bonchev–Trinajstić information content (AvgIpc) is 2.39. The van der Waals surface area contributed by atoms with Gasteiger partial charge in [-0.2, -0.15) is 0 Å². The molecule has 0 spiro atoms. The second-order valence-electron chi connectivity index (χ2n) is 3.62. The zero-order chi connectivity index (χ0) is 11.7. The van der Waals surface area contributed by atoms with Gasteiger partial charge in [0, 0.05) is 11.8 Å². The lowest BCUT2D eigenvalue weighted by molar-refractivity contribution is 1.20. The van der Waals surface area contributed by atoms with Crippen molar-refractivity contribution in [2.45, 2.75) is 0 Å². The Morgan fingerprint density at radius 3 is 2.53 bits per heavy atom. The predicted octanol–water partition coefficient (Wildman–Crippen LogP) is 3.35. The van der Waals surface area contributed by atoms with E-state index in [1.165, 1.54) is 0 Å². The summed E-state index contributed by atoms with van der Waals surface area (Å²) in [7, 11) is 0. The first-order valence-corrected chi connectivity index (χ1v) is 5.54. The number of aromatic nitrogens is 3. The van der Waals surface area contributed by atoms with Crippen LogP contribution in [0.5, 0.6) is 0 Å². The maximum absolute atomic E-state index is 5.89. The van der Waals surface area contributed by atoms with Gasteiger partial charge in [-0.1, -0.05) is 41.9 Å². The molecule has 3 rings (SSSR count). The first-order valence-electron chi connectivity index (χ1n) is 5.17. The first kappa shape index (κ1) is 10.2. The minimum Gasteiger partial charge on any atom is -0.251 e. The van der Waals surface area contributed by atoms with Gasteiger partial charge in [-0.05, 0) is 6.07 Å². The molecule has 4 heteroatoms. The molecule has 0 N–H and O–H groups in total. The van der Waals surface area contributed by atoms with Crippen LogP contribution in [-0.4, -0.2) is 15.0 Å². The second-order valence-corrected chi connectivity index (χ2v) is 4.05. The standard InChI is InChI=1S/C13H8ClN3/c14-10-6-11-12(15-7-10)8-16-13(17-11)9-4-2-1-3-5-9/h1-8H. The van der Waals surface area contributed by atoms with Crippen LogP contribution in [-0.2, 0) is 0 Å². The third kappa shape index (κ3) is 1.97. The molecule has 2 heterocycles. The average molecular weight is 242 g/mol. The molecular formula is C13H8ClN3. The Labute approximate surface area is 103 Å². The summed E-state index contributed by atoms with van der Waals surface area (Å²) in [4.78, 5) is 12.9. The molecule has 0 aliphatic carbocycles. The van der Waals surface area contributed by atoms with E-state index in [4.69, 9.17) is 11.6 Å². The lowest BCUT2D eigenvalue weighted by Crippen LogP contribution is -1.91. The van der Waals surface area contributed by atoms with Gasteiger partial charge >= 0.3 is 0 Å². The second kappa shape index (κ2) is 4.11. The third-order valence-electron chi connectivity index (χ3n) is 2.43. The minimum atomic E-state index is 0.579. The fourth-order valence-electron chi connectivity index (χ4n) is 1.62. The Morgan fingerprint density at radius 2 is 1.71 bits per heavy atom. The lowest BCUT2D eigenvalue weighted by Gasteiger charge is -2.01. The molecule has 3 aromatic rings. The molecule has 0 radical (unpaired) electrons. The van der Waals surface area contributed by atoms with E-state index in [1.54, 1.807) is 18.5 Å². The molecule has 0 aliphatic rings. The Bertz CT molecular complexity index is 668. The number of fused-ring (bicyclic) bond motifs is 1. The molecular weight excluding hydrogens is 234 g/mol. The quantitative estimate of drug-likeness (QED) is 0.656. The monoisotopic (exact) mass is 241 g/mol. The highest BCUT2D eigenvalue weighted by atomic mass is 35.5. The van der Waals surface area contributed by atoms with Gasteiger partial charge in [0.2, 0.25) is 0 Å². The van der Waals surface area contributed by atoms with Crippen LogP contribution in [0.15, 0.2) is 48.8 Å². The van der Waals surface area contributed by atoms with Gasteiger partial charge in [0.15, 0.2) is 5.82 Å². The molecule has 0 saturated heterocycles. The van der Waals surface area contributed by atoms with Gasteiger partial charge in [0.1, 0.15) is 5.52 Å². The Morgan fingerprint density at radius 1 is 0.882 bits per heavy atom. The van der Waals surface area contributed by atoms with E-state index < -0.39 is 0 Å². The fourth-order valence-corrected chi connectivity index (χ4v) is 1.77. The van der Waals surface area contributed by atoms with Crippen LogP contribution in [0.3, 0.4) is 0 Å². The van der Waals surface area contributed by atoms with Crippen molar-refractivity contribution in [3.63, 3.8) is 0 Å². The SMILES string of the molecule is Clc1cnc2cnc(-c3ccccc3)nc2c1. The summed E-state index contributed by atoms with van der Waals surface area (Å²) < 4.78 is 0. The summed E-state index contributed by atoms with van der Waals surface area (Å²) >= 11 is 5.89. The molecule has 0 fully saturated rings. The topological polar surface area (TPSA) is 38.7 Å². The Hall–Kier alpha value is -2.00. The van der Waals surface area contributed by atoms with Crippen molar-refractivity contribution in [2.75, 3.05) is 0 Å². The van der Waals surface area contributed by atoms with Crippen LogP contribution in [0.4, 0.5) is 0 Å². The maximum Gasteiger partial charge on any atom is 0.159 e. The first-order chi connectivity index (χ1) is 8.33. The van der Waals surface area contributed by atoms with Gasteiger partial charge < -0.3 is 0 Å². The van der Waals surface area contributed by atoms with E-state index in [9.17, 15) is 0 Å². The zero-order valence-corrected chi connectivity index (χ0v) is 9.59. The number of hydrogen-bond acceptors (Lipinski definition) is 3. The fraction of sp³-hybridized carbons (Fsp3) is 0. The van der Waals surface area contributed by atoms with E-state index in [1.807, 2.05) is 30.3 Å². The molecule has 17 heavy (non-hydrogen) atoms. The van der Waals surface area contributed by atoms with Crippen molar-refractivity contribution in [3.8, 4) is 11.4 Å². The molecule has 0 atom stereocenters. The van der Waals surface area contributed by atoms with Crippen LogP contribution in [0.1, 0.15) is 0 Å². The van der Waals surface area contributed by atoms with Crippen molar-refractivity contribution in [1.29, 1.82) is 0 Å². The molecule has 3 nitrogen and oxygen atoms in total. The summed E-state index contributed by atoms with van der Waals surface area (Å²) in [6.45, 7) is 0. The zero-order valence-electron chi connectivity index (χ0n) is 8.84. The summed E-state index contributed by atoms with van der Waals surface area (Å²) in [5.41, 5.74) is 2.48. The van der Waals surface area contributed by atoms with E-state index >= 15 is 0 Å². The van der Waals surface area contributed by atoms with Crippen molar-refractivity contribution < 1.29 is 0 Å². The van der Waals surface area contributed by atoms with Crippen LogP contribution in [0.25, 0.3) is 22.4 Å². The van der Waals surface area contributed by atoms with Gasteiger partial charge in [-0.15, -0.1) is 0 Å². The number of benzene rings is 1. The van der Waals surface area contributed by atoms with E-state index in [0.29, 0.717) is 10.8 Å². The van der Waals surface area contributed by atoms with Crippen molar-refractivity contribution >= 4 is 22.6 Å². The van der Waals surface area contributed by atoms with Gasteiger partial charge in [0.05, 0.1) is 16.7 Å². The van der Waals surface area contributed by atoms with Gasteiger partial charge in [-0.3, -0.25) is 4.98 Å². The van der Waals surface area contributed by atoms with Crippen LogP contribution in [0, 0.1) is 0 Å². The molecule has 0 amide bonds. The van der Waals surface area contributed by atoms with E-state index in [2.05, 4.69) is 15.0 Å². The van der Waals surface area contributed by atoms with Crippen molar-refractivity contribution in [1.82, 2.24) is 15.0 Å². The van der Waals surface area contributed by atoms with Gasteiger partial charge in [0.25, 0.3) is 0 Å². The lowest BCUT2D eigenvalue weighted by atomic mass is 10.2. The minimum absolute atomic E-state index is 0.579. The number of hydrogen-bond donors (Lipinski definition) is 0. The van der Waals surface area contributed by atoms with Crippen LogP contribution in [0.2, 0.25) is 5.02 Å². The molecule has 0 saturated carbocycles. The highest BCUT2D eigenvalue weighted by molar-refractivity contribution is 6.31. The molecule has 0 unspecified atom stereocenters. The summed E-state index contributed by atoms with van der Waals surface area (Å²) in [5, 5.41) is 0.579. The summed E-state index contributed by atoms with van der Waals surface area (Å²) in [6.07, 6.45) is 3.30. The van der Waals surface area contributed by atoms with Crippen LogP contribution < -0.4 is 0 Å². The summed E-state index contributed by atoms with van der Waals surface area (Å²) in [6, 6.07) is 11.6. The number of halogens is 1. The highest BCUT2D eigenvalue weighted by Gasteiger charge is 2.03. The number of nitrogens with zero attached hydrogens (tertiary/aromatic N) is 3. The largest absolute Gasteiger partial charge is 0.251 e. The molecule has 1 aromatic carbocycles. The van der Waals surface area contributed by atoms with Crippen molar-refractivity contribution in [3.05, 3.63) is 53.8 Å². The van der Waals surface area contributed by atoms with E-state index in [0.717, 1.165) is 16.6 Å². The molecule has 0 aliphatic heterocycles. The number of rotatable bonds is 1.